The number of pyridine rings is 1. The molecule has 3 aromatic carbocycles. The number of rotatable bonds is 7. The molecule has 1 fully saturated rings. The van der Waals surface area contributed by atoms with E-state index in [1.165, 1.54) is 0 Å². The van der Waals surface area contributed by atoms with Crippen LogP contribution in [0.3, 0.4) is 0 Å². The average molecular weight is 543 g/mol. The second-order valence-corrected chi connectivity index (χ2v) is 9.79. The highest BCUT2D eigenvalue weighted by Gasteiger charge is 2.29. The molecule has 0 aliphatic heterocycles. The number of hydrogen-bond donors (Lipinski definition) is 2. The van der Waals surface area contributed by atoms with Crippen LogP contribution in [0.25, 0.3) is 33.3 Å². The van der Waals surface area contributed by atoms with Gasteiger partial charge in [-0.1, -0.05) is 28.1 Å². The van der Waals surface area contributed by atoms with Gasteiger partial charge in [0, 0.05) is 39.6 Å². The van der Waals surface area contributed by atoms with Gasteiger partial charge >= 0.3 is 0 Å². The third kappa shape index (κ3) is 4.52. The lowest BCUT2D eigenvalue weighted by Gasteiger charge is -2.13. The maximum Gasteiger partial charge on any atom is 0.229 e. The molecule has 5 aromatic rings. The second-order valence-electron chi connectivity index (χ2n) is 8.88. The molecule has 1 aliphatic rings. The third-order valence-electron chi connectivity index (χ3n) is 6.30. The van der Waals surface area contributed by atoms with E-state index in [2.05, 4.69) is 26.6 Å². The molecule has 7 nitrogen and oxygen atoms in total. The summed E-state index contributed by atoms with van der Waals surface area (Å²) in [7, 11) is 1.65. The van der Waals surface area contributed by atoms with Crippen molar-refractivity contribution in [2.45, 2.75) is 19.4 Å². The van der Waals surface area contributed by atoms with Crippen LogP contribution in [0.5, 0.6) is 5.75 Å². The maximum atomic E-state index is 12.4. The van der Waals surface area contributed by atoms with Crippen molar-refractivity contribution in [1.29, 1.82) is 0 Å². The Morgan fingerprint density at radius 2 is 1.92 bits per heavy atom. The summed E-state index contributed by atoms with van der Waals surface area (Å²) in [6.45, 7) is 0.600. The zero-order chi connectivity index (χ0) is 24.6. The number of aromatic nitrogens is 2. The van der Waals surface area contributed by atoms with Gasteiger partial charge in [-0.25, -0.2) is 9.97 Å². The Bertz CT molecular complexity index is 1590. The Labute approximate surface area is 216 Å². The summed E-state index contributed by atoms with van der Waals surface area (Å²) in [6.07, 6.45) is 3.67. The number of amides is 1. The lowest BCUT2D eigenvalue weighted by Crippen LogP contribution is -2.13. The highest BCUT2D eigenvalue weighted by Crippen LogP contribution is 2.36. The van der Waals surface area contributed by atoms with Gasteiger partial charge in [0.25, 0.3) is 0 Å². The number of carbonyl (C=O) groups excluding carboxylic acids is 1. The number of methoxy groups -OCH3 is 1. The van der Waals surface area contributed by atoms with E-state index in [-0.39, 0.29) is 11.8 Å². The molecule has 2 heterocycles. The van der Waals surface area contributed by atoms with Gasteiger partial charge in [0.1, 0.15) is 17.1 Å². The lowest BCUT2D eigenvalue weighted by molar-refractivity contribution is -0.117. The Hall–Kier alpha value is -3.91. The molecule has 1 saturated carbocycles. The largest absolute Gasteiger partial charge is 0.497 e. The van der Waals surface area contributed by atoms with Crippen molar-refractivity contribution >= 4 is 55.2 Å². The van der Waals surface area contributed by atoms with E-state index in [0.717, 1.165) is 62.0 Å². The summed E-state index contributed by atoms with van der Waals surface area (Å²) < 4.78 is 12.3. The van der Waals surface area contributed by atoms with E-state index in [0.29, 0.717) is 18.0 Å². The molecule has 0 spiro atoms. The number of benzene rings is 3. The van der Waals surface area contributed by atoms with Gasteiger partial charge in [0.05, 0.1) is 12.7 Å². The first-order valence-electron chi connectivity index (χ1n) is 11.7. The van der Waals surface area contributed by atoms with Crippen molar-refractivity contribution < 1.29 is 13.9 Å². The van der Waals surface area contributed by atoms with Crippen LogP contribution in [0, 0.1) is 5.92 Å². The van der Waals surface area contributed by atoms with Crippen LogP contribution in [-0.2, 0) is 11.3 Å². The molecule has 0 saturated heterocycles. The van der Waals surface area contributed by atoms with Crippen molar-refractivity contribution in [2.75, 3.05) is 17.7 Å². The fourth-order valence-electron chi connectivity index (χ4n) is 4.17. The van der Waals surface area contributed by atoms with Crippen molar-refractivity contribution in [3.8, 4) is 17.2 Å². The number of carbonyl (C=O) groups is 1. The smallest absolute Gasteiger partial charge is 0.229 e. The van der Waals surface area contributed by atoms with Gasteiger partial charge in [-0.3, -0.25) is 4.79 Å². The Balaban J connectivity index is 1.39. The highest BCUT2D eigenvalue weighted by atomic mass is 79.9. The Kier molecular flexibility index (Phi) is 5.81. The van der Waals surface area contributed by atoms with Crippen LogP contribution in [0.2, 0.25) is 0 Å². The normalized spacial score (nSPS) is 13.2. The first-order valence-corrected chi connectivity index (χ1v) is 12.5. The second kappa shape index (κ2) is 9.28. The van der Waals surface area contributed by atoms with Gasteiger partial charge < -0.3 is 19.8 Å². The van der Waals surface area contributed by atoms with E-state index in [9.17, 15) is 4.79 Å². The van der Waals surface area contributed by atoms with E-state index in [1.807, 2.05) is 60.7 Å². The zero-order valence-electron chi connectivity index (χ0n) is 19.5. The van der Waals surface area contributed by atoms with Crippen molar-refractivity contribution in [3.05, 3.63) is 76.9 Å². The fourth-order valence-corrected chi connectivity index (χ4v) is 4.51. The summed E-state index contributed by atoms with van der Waals surface area (Å²) in [4.78, 5) is 21.8. The Morgan fingerprint density at radius 3 is 2.69 bits per heavy atom. The van der Waals surface area contributed by atoms with Crippen LogP contribution in [0.1, 0.15) is 18.4 Å². The SMILES string of the molecule is COc1ccc(CNc2ncc(-c3nc4cc(Br)ccc4o3)c3cc(NC(=O)C4CC4)ccc23)cc1. The number of oxazole rings is 1. The van der Waals surface area contributed by atoms with Crippen molar-refractivity contribution in [2.24, 2.45) is 5.92 Å². The van der Waals surface area contributed by atoms with E-state index in [1.54, 1.807) is 13.3 Å². The molecule has 0 bridgehead atoms. The number of hydrogen-bond acceptors (Lipinski definition) is 6. The molecule has 0 atom stereocenters. The molecule has 0 radical (unpaired) electrons. The van der Waals surface area contributed by atoms with E-state index in [4.69, 9.17) is 19.1 Å². The summed E-state index contributed by atoms with van der Waals surface area (Å²) in [5.74, 6) is 2.22. The van der Waals surface area contributed by atoms with Crippen LogP contribution in [-0.4, -0.2) is 23.0 Å². The molecule has 2 aromatic heterocycles. The molecule has 6 rings (SSSR count). The fraction of sp³-hybridized carbons (Fsp3) is 0.179. The van der Waals surface area contributed by atoms with Crippen LogP contribution >= 0.6 is 15.9 Å². The minimum atomic E-state index is 0.0644. The summed E-state index contributed by atoms with van der Waals surface area (Å²) in [6, 6.07) is 19.5. The topological polar surface area (TPSA) is 89.3 Å². The van der Waals surface area contributed by atoms with E-state index < -0.39 is 0 Å². The quantitative estimate of drug-likeness (QED) is 0.235. The van der Waals surface area contributed by atoms with Crippen molar-refractivity contribution in [1.82, 2.24) is 9.97 Å². The van der Waals surface area contributed by atoms with Gasteiger partial charge in [0.2, 0.25) is 11.8 Å². The zero-order valence-corrected chi connectivity index (χ0v) is 21.1. The minimum Gasteiger partial charge on any atom is -0.497 e. The first kappa shape index (κ1) is 22.5. The number of fused-ring (bicyclic) bond motifs is 2. The predicted octanol–water partition coefficient (Wildman–Crippen LogP) is 6.77. The van der Waals surface area contributed by atoms with Gasteiger partial charge in [-0.15, -0.1) is 0 Å². The molecule has 0 unspecified atom stereocenters. The lowest BCUT2D eigenvalue weighted by atomic mass is 10.1. The minimum absolute atomic E-state index is 0.0644. The molecule has 180 valence electrons. The first-order chi connectivity index (χ1) is 17.6. The van der Waals surface area contributed by atoms with E-state index >= 15 is 0 Å². The summed E-state index contributed by atoms with van der Waals surface area (Å²) in [5.41, 5.74) is 4.06. The Morgan fingerprint density at radius 1 is 1.08 bits per heavy atom. The summed E-state index contributed by atoms with van der Waals surface area (Å²) >= 11 is 3.49. The number of ether oxygens (including phenoxy) is 1. The molecule has 1 amide bonds. The van der Waals surface area contributed by atoms with Gasteiger partial charge in [-0.2, -0.15) is 0 Å². The van der Waals surface area contributed by atoms with Crippen molar-refractivity contribution in [3.63, 3.8) is 0 Å². The maximum absolute atomic E-state index is 12.4. The van der Waals surface area contributed by atoms with Crippen LogP contribution in [0.4, 0.5) is 11.5 Å². The monoisotopic (exact) mass is 542 g/mol. The molecular weight excluding hydrogens is 520 g/mol. The molecule has 36 heavy (non-hydrogen) atoms. The highest BCUT2D eigenvalue weighted by molar-refractivity contribution is 9.10. The number of halogens is 1. The predicted molar refractivity (Wildman–Crippen MR) is 144 cm³/mol. The average Bonchev–Trinajstić information content (AvgIpc) is 3.67. The number of anilines is 2. The third-order valence-corrected chi connectivity index (χ3v) is 6.80. The molecule has 1 aliphatic carbocycles. The number of nitrogens with one attached hydrogen (secondary N) is 2. The standard InChI is InChI=1S/C28H23BrN4O3/c1-35-20-8-2-16(3-9-20)14-30-26-21-10-7-19(32-27(34)17-4-5-17)13-22(21)23(15-31-26)28-33-24-12-18(29)6-11-25(24)36-28/h2-3,6-13,15,17H,4-5,14H2,1H3,(H,30,31)(H,32,34). The molecule has 2 N–H and O–H groups in total. The molecule has 8 heteroatoms. The van der Waals surface area contributed by atoms with Crippen LogP contribution in [0.15, 0.2) is 75.8 Å². The van der Waals surface area contributed by atoms with Crippen LogP contribution < -0.4 is 15.4 Å². The molecular formula is C28H23BrN4O3. The summed E-state index contributed by atoms with van der Waals surface area (Å²) in [5, 5.41) is 8.30. The number of nitrogens with zero attached hydrogens (tertiary/aromatic N) is 2. The van der Waals surface area contributed by atoms with Gasteiger partial charge in [-0.05, 0) is 66.9 Å². The van der Waals surface area contributed by atoms with Gasteiger partial charge in [0.15, 0.2) is 5.58 Å².